The molecule has 4 heterocycles. The van der Waals surface area contributed by atoms with Gasteiger partial charge in [0, 0.05) is 54.6 Å². The molecule has 6 heteroatoms. The zero-order valence-electron chi connectivity index (χ0n) is 17.5. The predicted molar refractivity (Wildman–Crippen MR) is 117 cm³/mol. The standard InChI is InChI=1S/C25H25N3O3/c1-31-23-14-18(10-11-26-23)25(30)27-15-19-13-20(16-27)22(12-17-6-3-2-4-7-17)28-21(19)8-5-9-24(28)29/h2-11,14,19-20,22H,12-13,15-16H2,1H3/t19-,20+,22+/m1/s1. The van der Waals surface area contributed by atoms with Gasteiger partial charge < -0.3 is 14.2 Å². The third-order valence-corrected chi connectivity index (χ3v) is 6.56. The normalized spacial score (nSPS) is 22.0. The van der Waals surface area contributed by atoms with Gasteiger partial charge in [-0.3, -0.25) is 9.59 Å². The Bertz CT molecular complexity index is 1160. The Morgan fingerprint density at radius 3 is 2.74 bits per heavy atom. The van der Waals surface area contributed by atoms with E-state index in [2.05, 4.69) is 17.1 Å². The summed E-state index contributed by atoms with van der Waals surface area (Å²) in [5.41, 5.74) is 2.87. The Kier molecular flexibility index (Phi) is 5.06. The number of piperidine rings is 1. The van der Waals surface area contributed by atoms with E-state index in [1.54, 1.807) is 31.5 Å². The molecule has 1 fully saturated rings. The number of rotatable bonds is 4. The zero-order chi connectivity index (χ0) is 21.4. The highest BCUT2D eigenvalue weighted by molar-refractivity contribution is 5.94. The van der Waals surface area contributed by atoms with Crippen LogP contribution in [0.1, 0.15) is 40.0 Å². The SMILES string of the molecule is COc1cc(C(=O)N2C[C@H]3C[C@@H](C2)[C@H](Cc2ccccc2)n2c3cccc2=O)ccn1. The molecule has 1 amide bonds. The summed E-state index contributed by atoms with van der Waals surface area (Å²) in [6, 6.07) is 19.3. The van der Waals surface area contributed by atoms with Gasteiger partial charge >= 0.3 is 0 Å². The second-order valence-electron chi connectivity index (χ2n) is 8.41. The first kappa shape index (κ1) is 19.5. The van der Waals surface area contributed by atoms with Crippen LogP contribution in [0.5, 0.6) is 5.88 Å². The number of hydrogen-bond acceptors (Lipinski definition) is 4. The first-order chi connectivity index (χ1) is 15.1. The van der Waals surface area contributed by atoms with Gasteiger partial charge in [0.15, 0.2) is 0 Å². The topological polar surface area (TPSA) is 64.4 Å². The van der Waals surface area contributed by atoms with Gasteiger partial charge in [0.25, 0.3) is 11.5 Å². The van der Waals surface area contributed by atoms with Crippen molar-refractivity contribution < 1.29 is 9.53 Å². The molecular weight excluding hydrogens is 390 g/mol. The Morgan fingerprint density at radius 2 is 1.94 bits per heavy atom. The van der Waals surface area contributed by atoms with Crippen LogP contribution in [0, 0.1) is 5.92 Å². The zero-order valence-corrected chi connectivity index (χ0v) is 17.5. The van der Waals surface area contributed by atoms with E-state index >= 15 is 0 Å². The number of hydrogen-bond donors (Lipinski definition) is 0. The van der Waals surface area contributed by atoms with E-state index in [9.17, 15) is 9.59 Å². The Hall–Kier alpha value is -3.41. The fourth-order valence-corrected chi connectivity index (χ4v) is 5.16. The molecular formula is C25H25N3O3. The molecule has 2 aromatic heterocycles. The number of nitrogens with zero attached hydrogens (tertiary/aromatic N) is 3. The van der Waals surface area contributed by atoms with E-state index in [1.807, 2.05) is 39.8 Å². The summed E-state index contributed by atoms with van der Waals surface area (Å²) in [7, 11) is 1.55. The lowest BCUT2D eigenvalue weighted by molar-refractivity contribution is 0.0528. The van der Waals surface area contributed by atoms with E-state index < -0.39 is 0 Å². The minimum absolute atomic E-state index is 0.0133. The summed E-state index contributed by atoms with van der Waals surface area (Å²) in [5.74, 6) is 0.800. The quantitative estimate of drug-likeness (QED) is 0.656. The molecule has 6 nitrogen and oxygen atoms in total. The van der Waals surface area contributed by atoms with Crippen LogP contribution in [0.25, 0.3) is 0 Å². The highest BCUT2D eigenvalue weighted by Gasteiger charge is 2.41. The molecule has 31 heavy (non-hydrogen) atoms. The van der Waals surface area contributed by atoms with Gasteiger partial charge in [0.05, 0.1) is 7.11 Å². The molecule has 2 aliphatic heterocycles. The highest BCUT2D eigenvalue weighted by Crippen LogP contribution is 2.42. The summed E-state index contributed by atoms with van der Waals surface area (Å²) < 4.78 is 7.18. The van der Waals surface area contributed by atoms with E-state index in [0.717, 1.165) is 18.5 Å². The molecule has 1 saturated heterocycles. The number of methoxy groups -OCH3 is 1. The summed E-state index contributed by atoms with van der Waals surface area (Å²) in [5, 5.41) is 0. The van der Waals surface area contributed by atoms with Crippen LogP contribution in [0.15, 0.2) is 71.7 Å². The first-order valence-corrected chi connectivity index (χ1v) is 10.7. The van der Waals surface area contributed by atoms with Crippen LogP contribution < -0.4 is 10.3 Å². The fourth-order valence-electron chi connectivity index (χ4n) is 5.16. The van der Waals surface area contributed by atoms with Crippen molar-refractivity contribution in [3.05, 3.63) is 94.0 Å². The molecule has 0 unspecified atom stereocenters. The van der Waals surface area contributed by atoms with Crippen LogP contribution in [0.2, 0.25) is 0 Å². The third-order valence-electron chi connectivity index (χ3n) is 6.56. The summed E-state index contributed by atoms with van der Waals surface area (Å²) in [6.45, 7) is 1.25. The summed E-state index contributed by atoms with van der Waals surface area (Å²) >= 11 is 0. The van der Waals surface area contributed by atoms with E-state index in [0.29, 0.717) is 24.5 Å². The lowest BCUT2D eigenvalue weighted by Gasteiger charge is -2.47. The molecule has 158 valence electrons. The van der Waals surface area contributed by atoms with Gasteiger partial charge in [-0.15, -0.1) is 0 Å². The minimum Gasteiger partial charge on any atom is -0.481 e. The third kappa shape index (κ3) is 3.63. The van der Waals surface area contributed by atoms with Crippen molar-refractivity contribution in [1.82, 2.24) is 14.5 Å². The monoisotopic (exact) mass is 415 g/mol. The number of pyridine rings is 2. The number of fused-ring (bicyclic) bond motifs is 4. The maximum atomic E-state index is 13.3. The number of ether oxygens (including phenoxy) is 1. The molecule has 3 atom stereocenters. The van der Waals surface area contributed by atoms with Crippen molar-refractivity contribution in [1.29, 1.82) is 0 Å². The first-order valence-electron chi connectivity index (χ1n) is 10.7. The molecule has 1 aromatic carbocycles. The van der Waals surface area contributed by atoms with Crippen LogP contribution in [-0.2, 0) is 6.42 Å². The number of aromatic nitrogens is 2. The number of carbonyl (C=O) groups excluding carboxylic acids is 1. The minimum atomic E-state index is -0.0133. The van der Waals surface area contributed by atoms with E-state index in [4.69, 9.17) is 4.74 Å². The average Bonchev–Trinajstić information content (AvgIpc) is 2.82. The number of benzene rings is 1. The molecule has 0 spiro atoms. The molecule has 2 aliphatic rings. The number of likely N-dealkylation sites (tertiary alicyclic amines) is 1. The van der Waals surface area contributed by atoms with Crippen LogP contribution in [-0.4, -0.2) is 40.6 Å². The van der Waals surface area contributed by atoms with Gasteiger partial charge in [0.2, 0.25) is 5.88 Å². The Labute approximate surface area is 181 Å². The molecule has 5 rings (SSSR count). The molecule has 0 aliphatic carbocycles. The van der Waals surface area contributed by atoms with Crippen molar-refractivity contribution in [3.63, 3.8) is 0 Å². The summed E-state index contributed by atoms with van der Waals surface area (Å²) in [4.78, 5) is 32.2. The Morgan fingerprint density at radius 1 is 1.10 bits per heavy atom. The molecule has 0 radical (unpaired) electrons. The maximum absolute atomic E-state index is 13.3. The second-order valence-corrected chi connectivity index (χ2v) is 8.41. The van der Waals surface area contributed by atoms with Gasteiger partial charge in [-0.25, -0.2) is 4.98 Å². The smallest absolute Gasteiger partial charge is 0.254 e. The largest absolute Gasteiger partial charge is 0.481 e. The summed E-state index contributed by atoms with van der Waals surface area (Å²) in [6.07, 6.45) is 3.37. The molecule has 3 aromatic rings. The Balaban J connectivity index is 1.50. The van der Waals surface area contributed by atoms with Crippen LogP contribution in [0.4, 0.5) is 0 Å². The number of carbonyl (C=O) groups is 1. The van der Waals surface area contributed by atoms with Gasteiger partial charge in [-0.2, -0.15) is 0 Å². The van der Waals surface area contributed by atoms with Gasteiger partial charge in [0.1, 0.15) is 0 Å². The second kappa shape index (κ2) is 8.02. The van der Waals surface area contributed by atoms with Crippen LogP contribution in [0.3, 0.4) is 0 Å². The van der Waals surface area contributed by atoms with Crippen molar-refractivity contribution in [2.45, 2.75) is 24.8 Å². The van der Waals surface area contributed by atoms with Crippen LogP contribution >= 0.6 is 0 Å². The molecule has 0 N–H and O–H groups in total. The lowest BCUT2D eigenvalue weighted by atomic mass is 9.76. The van der Waals surface area contributed by atoms with E-state index in [-0.39, 0.29) is 29.3 Å². The van der Waals surface area contributed by atoms with Crippen molar-refractivity contribution in [2.24, 2.45) is 5.92 Å². The lowest BCUT2D eigenvalue weighted by Crippen LogP contribution is -2.51. The molecule has 2 bridgehead atoms. The molecule has 0 saturated carbocycles. The van der Waals surface area contributed by atoms with Crippen molar-refractivity contribution in [3.8, 4) is 5.88 Å². The average molecular weight is 415 g/mol. The maximum Gasteiger partial charge on any atom is 0.254 e. The predicted octanol–water partition coefficient (Wildman–Crippen LogP) is 3.30. The van der Waals surface area contributed by atoms with Gasteiger partial charge in [-0.05, 0) is 36.5 Å². The van der Waals surface area contributed by atoms with Gasteiger partial charge in [-0.1, -0.05) is 36.4 Å². The van der Waals surface area contributed by atoms with Crippen molar-refractivity contribution >= 4 is 5.91 Å². The highest BCUT2D eigenvalue weighted by atomic mass is 16.5. The number of amides is 1. The van der Waals surface area contributed by atoms with E-state index in [1.165, 1.54) is 5.56 Å². The fraction of sp³-hybridized carbons (Fsp3) is 0.320. The van der Waals surface area contributed by atoms with Crippen molar-refractivity contribution in [2.75, 3.05) is 20.2 Å².